The fourth-order valence-corrected chi connectivity index (χ4v) is 2.23. The van der Waals surface area contributed by atoms with Crippen LogP contribution in [-0.2, 0) is 6.18 Å². The van der Waals surface area contributed by atoms with Gasteiger partial charge >= 0.3 is 6.18 Å². The van der Waals surface area contributed by atoms with Gasteiger partial charge in [-0.05, 0) is 12.1 Å². The van der Waals surface area contributed by atoms with Crippen molar-refractivity contribution in [2.24, 2.45) is 0 Å². The Morgan fingerprint density at radius 3 is 2.62 bits per heavy atom. The van der Waals surface area contributed by atoms with Crippen molar-refractivity contribution in [1.29, 1.82) is 0 Å². The highest BCUT2D eigenvalue weighted by Gasteiger charge is 2.30. The molecule has 5 nitrogen and oxygen atoms in total. The number of benzene rings is 1. The van der Waals surface area contributed by atoms with Crippen LogP contribution < -0.4 is 10.2 Å². The minimum absolute atomic E-state index is 0.342. The van der Waals surface area contributed by atoms with Gasteiger partial charge in [0, 0.05) is 31.7 Å². The van der Waals surface area contributed by atoms with E-state index in [2.05, 4.69) is 20.5 Å². The number of anilines is 1. The summed E-state index contributed by atoms with van der Waals surface area (Å²) in [6, 6.07) is 5.06. The van der Waals surface area contributed by atoms with Crippen molar-refractivity contribution >= 4 is 5.95 Å². The van der Waals surface area contributed by atoms with Crippen molar-refractivity contribution < 1.29 is 13.2 Å². The highest BCUT2D eigenvalue weighted by molar-refractivity contribution is 5.57. The summed E-state index contributed by atoms with van der Waals surface area (Å²) in [5, 5.41) is 10.0. The van der Waals surface area contributed by atoms with Gasteiger partial charge in [0.25, 0.3) is 0 Å². The van der Waals surface area contributed by atoms with Crippen LogP contribution >= 0.6 is 0 Å². The Kier molecular flexibility index (Phi) is 3.54. The SMILES string of the molecule is FC(F)(F)c1cccc(-c2nc(N3CCNCC3)n[nH]2)c1. The smallest absolute Gasteiger partial charge is 0.337 e. The zero-order chi connectivity index (χ0) is 14.9. The van der Waals surface area contributed by atoms with E-state index < -0.39 is 11.7 Å². The number of alkyl halides is 3. The maximum atomic E-state index is 12.7. The van der Waals surface area contributed by atoms with Crippen LogP contribution in [0.2, 0.25) is 0 Å². The third kappa shape index (κ3) is 2.99. The van der Waals surface area contributed by atoms with Crippen LogP contribution in [0.3, 0.4) is 0 Å². The van der Waals surface area contributed by atoms with Crippen LogP contribution in [0.25, 0.3) is 11.4 Å². The van der Waals surface area contributed by atoms with Gasteiger partial charge < -0.3 is 10.2 Å². The highest BCUT2D eigenvalue weighted by Crippen LogP contribution is 2.31. The summed E-state index contributed by atoms with van der Waals surface area (Å²) in [5.41, 5.74) is -0.321. The third-order valence-corrected chi connectivity index (χ3v) is 3.34. The molecule has 2 aromatic rings. The van der Waals surface area contributed by atoms with E-state index in [0.29, 0.717) is 17.3 Å². The molecule has 0 unspecified atom stereocenters. The molecule has 1 fully saturated rings. The molecule has 8 heteroatoms. The number of nitrogens with one attached hydrogen (secondary N) is 2. The van der Waals surface area contributed by atoms with Gasteiger partial charge in [0.2, 0.25) is 5.95 Å². The van der Waals surface area contributed by atoms with Crippen LogP contribution in [-0.4, -0.2) is 41.4 Å². The molecule has 0 radical (unpaired) electrons. The number of hydrogen-bond donors (Lipinski definition) is 2. The zero-order valence-electron chi connectivity index (χ0n) is 11.1. The summed E-state index contributed by atoms with van der Waals surface area (Å²) in [6.07, 6.45) is -4.36. The Morgan fingerprint density at radius 1 is 1.14 bits per heavy atom. The van der Waals surface area contributed by atoms with E-state index in [4.69, 9.17) is 0 Å². The molecular formula is C13H14F3N5. The first kappa shape index (κ1) is 13.9. The van der Waals surface area contributed by atoms with Gasteiger partial charge in [-0.3, -0.25) is 5.10 Å². The molecule has 1 aliphatic heterocycles. The monoisotopic (exact) mass is 297 g/mol. The van der Waals surface area contributed by atoms with E-state index in [0.717, 1.165) is 38.3 Å². The molecule has 1 aliphatic rings. The number of hydrogen-bond acceptors (Lipinski definition) is 4. The van der Waals surface area contributed by atoms with Crippen LogP contribution in [0.1, 0.15) is 5.56 Å². The molecule has 2 heterocycles. The molecule has 112 valence electrons. The van der Waals surface area contributed by atoms with E-state index in [9.17, 15) is 13.2 Å². The van der Waals surface area contributed by atoms with Gasteiger partial charge in [0.05, 0.1) is 5.56 Å². The lowest BCUT2D eigenvalue weighted by Gasteiger charge is -2.25. The minimum atomic E-state index is -4.36. The van der Waals surface area contributed by atoms with Crippen molar-refractivity contribution in [2.45, 2.75) is 6.18 Å². The molecule has 1 aromatic heterocycles. The van der Waals surface area contributed by atoms with Gasteiger partial charge in [-0.2, -0.15) is 18.2 Å². The van der Waals surface area contributed by atoms with Crippen molar-refractivity contribution in [1.82, 2.24) is 20.5 Å². The van der Waals surface area contributed by atoms with Crippen LogP contribution in [0.15, 0.2) is 24.3 Å². The molecule has 0 atom stereocenters. The van der Waals surface area contributed by atoms with Crippen molar-refractivity contribution in [3.05, 3.63) is 29.8 Å². The molecule has 0 bridgehead atoms. The standard InChI is InChI=1S/C13H14F3N5/c14-13(15,16)10-3-1-2-9(8-10)11-18-12(20-19-11)21-6-4-17-5-7-21/h1-3,8,17H,4-7H2,(H,18,19,20). The second-order valence-electron chi connectivity index (χ2n) is 4.80. The van der Waals surface area contributed by atoms with E-state index in [1.165, 1.54) is 6.07 Å². The number of H-pyrrole nitrogens is 1. The molecule has 0 aliphatic carbocycles. The van der Waals surface area contributed by atoms with E-state index in [1.54, 1.807) is 6.07 Å². The lowest BCUT2D eigenvalue weighted by Crippen LogP contribution is -2.44. The average molecular weight is 297 g/mol. The molecule has 1 aromatic carbocycles. The van der Waals surface area contributed by atoms with Crippen molar-refractivity contribution in [3.8, 4) is 11.4 Å². The molecule has 2 N–H and O–H groups in total. The molecular weight excluding hydrogens is 283 g/mol. The zero-order valence-corrected chi connectivity index (χ0v) is 11.1. The van der Waals surface area contributed by atoms with Gasteiger partial charge in [-0.25, -0.2) is 0 Å². The maximum Gasteiger partial charge on any atom is 0.416 e. The minimum Gasteiger partial charge on any atom is -0.337 e. The van der Waals surface area contributed by atoms with E-state index >= 15 is 0 Å². The summed E-state index contributed by atoms with van der Waals surface area (Å²) < 4.78 is 38.2. The number of rotatable bonds is 2. The van der Waals surface area contributed by atoms with Gasteiger partial charge in [0.1, 0.15) is 0 Å². The second-order valence-corrected chi connectivity index (χ2v) is 4.80. The third-order valence-electron chi connectivity index (χ3n) is 3.34. The topological polar surface area (TPSA) is 56.8 Å². The first-order valence-corrected chi connectivity index (χ1v) is 6.60. The van der Waals surface area contributed by atoms with Crippen LogP contribution in [0.4, 0.5) is 19.1 Å². The lowest BCUT2D eigenvalue weighted by atomic mass is 10.1. The summed E-state index contributed by atoms with van der Waals surface area (Å²) in [7, 11) is 0. The first-order chi connectivity index (χ1) is 10.0. The fraction of sp³-hybridized carbons (Fsp3) is 0.385. The predicted octanol–water partition coefficient (Wildman–Crippen LogP) is 1.90. The largest absolute Gasteiger partial charge is 0.416 e. The summed E-state index contributed by atoms with van der Waals surface area (Å²) >= 11 is 0. The predicted molar refractivity (Wildman–Crippen MR) is 71.9 cm³/mol. The maximum absolute atomic E-state index is 12.7. The lowest BCUT2D eigenvalue weighted by molar-refractivity contribution is -0.137. The van der Waals surface area contributed by atoms with Crippen molar-refractivity contribution in [3.63, 3.8) is 0 Å². The summed E-state index contributed by atoms with van der Waals surface area (Å²) in [5.74, 6) is 0.860. The molecule has 0 saturated carbocycles. The molecule has 0 spiro atoms. The number of nitrogens with zero attached hydrogens (tertiary/aromatic N) is 3. The number of halogens is 3. The van der Waals surface area contributed by atoms with Crippen LogP contribution in [0.5, 0.6) is 0 Å². The Bertz CT molecular complexity index is 616. The van der Waals surface area contributed by atoms with Gasteiger partial charge in [-0.1, -0.05) is 12.1 Å². The Labute approximate surface area is 119 Å². The summed E-state index contributed by atoms with van der Waals surface area (Å²) in [4.78, 5) is 6.28. The van der Waals surface area contributed by atoms with Gasteiger partial charge in [-0.15, -0.1) is 5.10 Å². The second kappa shape index (κ2) is 5.36. The number of aromatic amines is 1. The normalized spacial score (nSPS) is 16.2. The molecule has 0 amide bonds. The Morgan fingerprint density at radius 2 is 1.90 bits per heavy atom. The summed E-state index contributed by atoms with van der Waals surface area (Å²) in [6.45, 7) is 3.24. The van der Waals surface area contributed by atoms with Gasteiger partial charge in [0.15, 0.2) is 5.82 Å². The Hall–Kier alpha value is -2.09. The van der Waals surface area contributed by atoms with Crippen LogP contribution in [0, 0.1) is 0 Å². The van der Waals surface area contributed by atoms with E-state index in [1.807, 2.05) is 4.90 Å². The highest BCUT2D eigenvalue weighted by atomic mass is 19.4. The number of aromatic nitrogens is 3. The number of piperazine rings is 1. The molecule has 3 rings (SSSR count). The first-order valence-electron chi connectivity index (χ1n) is 6.60. The van der Waals surface area contributed by atoms with E-state index in [-0.39, 0.29) is 0 Å². The molecule has 21 heavy (non-hydrogen) atoms. The average Bonchev–Trinajstić information content (AvgIpc) is 2.97. The quantitative estimate of drug-likeness (QED) is 0.889. The Balaban J connectivity index is 1.86. The molecule has 1 saturated heterocycles. The van der Waals surface area contributed by atoms with Crippen molar-refractivity contribution in [2.75, 3.05) is 31.1 Å². The fourth-order valence-electron chi connectivity index (χ4n) is 2.23.